The third kappa shape index (κ3) is 2.00. The fraction of sp³-hybridized carbons (Fsp3) is 0.250. The monoisotopic (exact) mass is 184 g/mol. The topological polar surface area (TPSA) is 76.2 Å². The van der Waals surface area contributed by atoms with Crippen molar-refractivity contribution in [2.24, 2.45) is 5.73 Å². The summed E-state index contributed by atoms with van der Waals surface area (Å²) < 4.78 is 13.0. The standard InChI is InChI=1S/C8H9FN2O2/c9-6-2-1-3-11-7(6)5(4-10)8(12)13/h1-3,5H,4,10H2,(H,12,13). The molecule has 0 spiro atoms. The fourth-order valence-corrected chi connectivity index (χ4v) is 0.984. The molecule has 1 heterocycles. The van der Waals surface area contributed by atoms with E-state index in [1.165, 1.54) is 12.3 Å². The minimum absolute atomic E-state index is 0.113. The van der Waals surface area contributed by atoms with Gasteiger partial charge in [-0.25, -0.2) is 4.39 Å². The second-order valence-corrected chi connectivity index (χ2v) is 2.50. The maximum absolute atomic E-state index is 13.0. The van der Waals surface area contributed by atoms with Crippen molar-refractivity contribution in [1.29, 1.82) is 0 Å². The summed E-state index contributed by atoms with van der Waals surface area (Å²) in [7, 11) is 0. The average molecular weight is 184 g/mol. The average Bonchev–Trinajstić information content (AvgIpc) is 2.09. The molecule has 0 aromatic carbocycles. The number of carbonyl (C=O) groups is 1. The summed E-state index contributed by atoms with van der Waals surface area (Å²) in [4.78, 5) is 14.2. The Kier molecular flexibility index (Phi) is 2.92. The van der Waals surface area contributed by atoms with Gasteiger partial charge in [-0.1, -0.05) is 0 Å². The van der Waals surface area contributed by atoms with Crippen LogP contribution < -0.4 is 5.73 Å². The Bertz CT molecular complexity index is 317. The lowest BCUT2D eigenvalue weighted by Crippen LogP contribution is -2.23. The fourth-order valence-electron chi connectivity index (χ4n) is 0.984. The Balaban J connectivity index is 3.04. The number of carboxylic acids is 1. The summed E-state index contributed by atoms with van der Waals surface area (Å²) in [5, 5.41) is 8.66. The number of rotatable bonds is 3. The zero-order valence-corrected chi connectivity index (χ0v) is 6.77. The highest BCUT2D eigenvalue weighted by atomic mass is 19.1. The van der Waals surface area contributed by atoms with Gasteiger partial charge in [-0.15, -0.1) is 0 Å². The van der Waals surface area contributed by atoms with Crippen molar-refractivity contribution in [2.75, 3.05) is 6.54 Å². The lowest BCUT2D eigenvalue weighted by atomic mass is 10.1. The zero-order chi connectivity index (χ0) is 9.84. The Morgan fingerprint density at radius 2 is 2.46 bits per heavy atom. The molecule has 70 valence electrons. The first-order valence-corrected chi connectivity index (χ1v) is 3.70. The van der Waals surface area contributed by atoms with Crippen LogP contribution >= 0.6 is 0 Å². The van der Waals surface area contributed by atoms with Crippen LogP contribution in [0.1, 0.15) is 11.6 Å². The number of hydrogen-bond donors (Lipinski definition) is 2. The van der Waals surface area contributed by atoms with Gasteiger partial charge in [0.05, 0.1) is 5.69 Å². The van der Waals surface area contributed by atoms with Gasteiger partial charge in [-0.2, -0.15) is 0 Å². The Hall–Kier alpha value is -1.49. The number of nitrogens with zero attached hydrogens (tertiary/aromatic N) is 1. The first-order valence-electron chi connectivity index (χ1n) is 3.70. The molecule has 4 nitrogen and oxygen atoms in total. The van der Waals surface area contributed by atoms with Crippen LogP contribution in [0.2, 0.25) is 0 Å². The van der Waals surface area contributed by atoms with Gasteiger partial charge in [0.2, 0.25) is 0 Å². The highest BCUT2D eigenvalue weighted by molar-refractivity contribution is 5.75. The van der Waals surface area contributed by atoms with E-state index in [0.29, 0.717) is 0 Å². The number of pyridine rings is 1. The van der Waals surface area contributed by atoms with E-state index in [1.54, 1.807) is 0 Å². The van der Waals surface area contributed by atoms with Crippen LogP contribution in [0, 0.1) is 5.82 Å². The molecular weight excluding hydrogens is 175 g/mol. The smallest absolute Gasteiger partial charge is 0.314 e. The molecular formula is C8H9FN2O2. The van der Waals surface area contributed by atoms with E-state index in [-0.39, 0.29) is 12.2 Å². The summed E-state index contributed by atoms with van der Waals surface area (Å²) in [5.41, 5.74) is 5.07. The molecule has 1 aromatic rings. The van der Waals surface area contributed by atoms with Crippen LogP contribution in [-0.4, -0.2) is 22.6 Å². The van der Waals surface area contributed by atoms with Crippen molar-refractivity contribution in [3.05, 3.63) is 29.8 Å². The summed E-state index contributed by atoms with van der Waals surface area (Å²) in [5.74, 6) is -2.87. The molecule has 0 radical (unpaired) electrons. The second kappa shape index (κ2) is 3.95. The number of aromatic nitrogens is 1. The minimum atomic E-state index is -1.17. The molecule has 0 aliphatic rings. The molecule has 0 aliphatic carbocycles. The Morgan fingerprint density at radius 1 is 1.77 bits per heavy atom. The van der Waals surface area contributed by atoms with Crippen molar-refractivity contribution in [2.45, 2.75) is 5.92 Å². The molecule has 0 aliphatic heterocycles. The van der Waals surface area contributed by atoms with E-state index in [4.69, 9.17) is 10.8 Å². The molecule has 1 rings (SSSR count). The van der Waals surface area contributed by atoms with Gasteiger partial charge < -0.3 is 10.8 Å². The molecule has 13 heavy (non-hydrogen) atoms. The third-order valence-electron chi connectivity index (χ3n) is 1.65. The van der Waals surface area contributed by atoms with E-state index >= 15 is 0 Å². The van der Waals surface area contributed by atoms with Crippen LogP contribution in [0.4, 0.5) is 4.39 Å². The lowest BCUT2D eigenvalue weighted by Gasteiger charge is -2.08. The molecule has 1 aromatic heterocycles. The summed E-state index contributed by atoms with van der Waals surface area (Å²) in [6.45, 7) is -0.163. The van der Waals surface area contributed by atoms with E-state index in [1.807, 2.05) is 0 Å². The largest absolute Gasteiger partial charge is 0.481 e. The highest BCUT2D eigenvalue weighted by Gasteiger charge is 2.22. The van der Waals surface area contributed by atoms with Gasteiger partial charge in [0, 0.05) is 12.7 Å². The molecule has 1 unspecified atom stereocenters. The number of aliphatic carboxylic acids is 1. The van der Waals surface area contributed by atoms with Crippen molar-refractivity contribution in [1.82, 2.24) is 4.98 Å². The van der Waals surface area contributed by atoms with Gasteiger partial charge in [0.15, 0.2) is 0 Å². The lowest BCUT2D eigenvalue weighted by molar-refractivity contribution is -0.138. The number of nitrogens with two attached hydrogens (primary N) is 1. The van der Waals surface area contributed by atoms with Crippen molar-refractivity contribution < 1.29 is 14.3 Å². The molecule has 0 saturated carbocycles. The number of halogens is 1. The minimum Gasteiger partial charge on any atom is -0.481 e. The third-order valence-corrected chi connectivity index (χ3v) is 1.65. The van der Waals surface area contributed by atoms with Crippen LogP contribution in [0.5, 0.6) is 0 Å². The zero-order valence-electron chi connectivity index (χ0n) is 6.77. The van der Waals surface area contributed by atoms with E-state index < -0.39 is 17.7 Å². The van der Waals surface area contributed by atoms with Gasteiger partial charge in [-0.3, -0.25) is 9.78 Å². The predicted molar refractivity (Wildman–Crippen MR) is 43.6 cm³/mol. The molecule has 0 fully saturated rings. The first kappa shape index (κ1) is 9.60. The predicted octanol–water partition coefficient (Wildman–Crippen LogP) is 0.348. The van der Waals surface area contributed by atoms with Gasteiger partial charge in [-0.05, 0) is 12.1 Å². The van der Waals surface area contributed by atoms with Gasteiger partial charge in [0.1, 0.15) is 11.7 Å². The maximum Gasteiger partial charge on any atom is 0.314 e. The van der Waals surface area contributed by atoms with Gasteiger partial charge >= 0.3 is 5.97 Å². The summed E-state index contributed by atoms with van der Waals surface area (Å²) in [6, 6.07) is 2.56. The van der Waals surface area contributed by atoms with Crippen molar-refractivity contribution in [3.8, 4) is 0 Å². The molecule has 5 heteroatoms. The SMILES string of the molecule is NCC(C(=O)O)c1ncccc1F. The first-order chi connectivity index (χ1) is 6.16. The van der Waals surface area contributed by atoms with Crippen LogP contribution in [-0.2, 0) is 4.79 Å². The number of carboxylic acid groups (broad SMARTS) is 1. The molecule has 0 bridgehead atoms. The maximum atomic E-state index is 13.0. The van der Waals surface area contributed by atoms with Gasteiger partial charge in [0.25, 0.3) is 0 Å². The number of hydrogen-bond acceptors (Lipinski definition) is 3. The second-order valence-electron chi connectivity index (χ2n) is 2.50. The molecule has 0 amide bonds. The Labute approximate surface area is 74.2 Å². The summed E-state index contributed by atoms with van der Waals surface area (Å²) in [6.07, 6.45) is 1.34. The normalized spacial score (nSPS) is 12.5. The van der Waals surface area contributed by atoms with Crippen LogP contribution in [0.3, 0.4) is 0 Å². The van der Waals surface area contributed by atoms with E-state index in [0.717, 1.165) is 6.07 Å². The highest BCUT2D eigenvalue weighted by Crippen LogP contribution is 2.15. The van der Waals surface area contributed by atoms with Crippen LogP contribution in [0.15, 0.2) is 18.3 Å². The molecule has 1 atom stereocenters. The quantitative estimate of drug-likeness (QED) is 0.710. The van der Waals surface area contributed by atoms with Crippen molar-refractivity contribution in [3.63, 3.8) is 0 Å². The summed E-state index contributed by atoms with van der Waals surface area (Å²) >= 11 is 0. The van der Waals surface area contributed by atoms with E-state index in [2.05, 4.69) is 4.98 Å². The molecule has 3 N–H and O–H groups in total. The Morgan fingerprint density at radius 3 is 2.92 bits per heavy atom. The van der Waals surface area contributed by atoms with Crippen LogP contribution in [0.25, 0.3) is 0 Å². The van der Waals surface area contributed by atoms with E-state index in [9.17, 15) is 9.18 Å². The van der Waals surface area contributed by atoms with Crippen molar-refractivity contribution >= 4 is 5.97 Å². The molecule has 0 saturated heterocycles.